The van der Waals surface area contributed by atoms with Crippen LogP contribution in [0.5, 0.6) is 11.5 Å². The molecule has 7 aromatic carbocycles. The number of nitriles is 1. The van der Waals surface area contributed by atoms with E-state index >= 15 is 4.39 Å². The first-order valence-corrected chi connectivity index (χ1v) is 24.3. The SMILES string of the molecule is COc1ccc(F)c(-c2ccc(Cc3ccc(N4C[C@H](c5ccc(-c6cc(OC)cc(-c7ccc(Cc8ccc(N9CC(C#N)CC9CC(=O)O)cc8)c(C)c7)c6F)cc5)C[C@@H]4CC(=O)O)cc3)c(C)c2)c1. The van der Waals surface area contributed by atoms with Crippen molar-refractivity contribution in [3.8, 4) is 50.9 Å². The number of nitrogens with zero attached hydrogens (tertiary/aromatic N) is 3. The Morgan fingerprint density at radius 3 is 1.60 bits per heavy atom. The molecule has 2 heterocycles. The van der Waals surface area contributed by atoms with Gasteiger partial charge in [0.05, 0.1) is 39.0 Å². The number of aryl methyl sites for hydroxylation is 2. The molecule has 2 aliphatic heterocycles. The Hall–Kier alpha value is -7.97. The summed E-state index contributed by atoms with van der Waals surface area (Å²) in [5.41, 5.74) is 12.9. The van der Waals surface area contributed by atoms with E-state index in [0.29, 0.717) is 72.5 Å². The minimum absolute atomic E-state index is 0.00318. The Morgan fingerprint density at radius 1 is 0.597 bits per heavy atom. The van der Waals surface area contributed by atoms with Crippen molar-refractivity contribution in [2.75, 3.05) is 37.1 Å². The van der Waals surface area contributed by atoms with Crippen LogP contribution in [0.25, 0.3) is 33.4 Å². The molecule has 72 heavy (non-hydrogen) atoms. The number of carboxylic acids is 2. The number of hydrogen-bond donors (Lipinski definition) is 2. The van der Waals surface area contributed by atoms with Crippen molar-refractivity contribution >= 4 is 23.3 Å². The molecule has 11 heteroatoms. The predicted molar refractivity (Wildman–Crippen MR) is 278 cm³/mol. The molecular formula is C61H57F2N3O6. The van der Waals surface area contributed by atoms with Gasteiger partial charge in [0.15, 0.2) is 0 Å². The van der Waals surface area contributed by atoms with Crippen LogP contribution < -0.4 is 19.3 Å². The van der Waals surface area contributed by atoms with Crippen molar-refractivity contribution in [3.05, 3.63) is 190 Å². The molecule has 366 valence electrons. The lowest BCUT2D eigenvalue weighted by Gasteiger charge is -2.26. The van der Waals surface area contributed by atoms with Crippen molar-refractivity contribution in [3.63, 3.8) is 0 Å². The van der Waals surface area contributed by atoms with Crippen LogP contribution in [-0.4, -0.2) is 61.5 Å². The van der Waals surface area contributed by atoms with Crippen LogP contribution in [0.4, 0.5) is 20.2 Å². The number of benzene rings is 7. The molecule has 9 rings (SSSR count). The Kier molecular flexibility index (Phi) is 14.4. The fourth-order valence-electron chi connectivity index (χ4n) is 10.7. The summed E-state index contributed by atoms with van der Waals surface area (Å²) in [7, 11) is 3.14. The molecule has 4 atom stereocenters. The van der Waals surface area contributed by atoms with E-state index in [1.54, 1.807) is 38.5 Å². The van der Waals surface area contributed by atoms with Crippen LogP contribution in [-0.2, 0) is 22.4 Å². The quantitative estimate of drug-likeness (QED) is 0.0974. The van der Waals surface area contributed by atoms with Gasteiger partial charge >= 0.3 is 11.9 Å². The zero-order valence-electron chi connectivity index (χ0n) is 40.9. The summed E-state index contributed by atoms with van der Waals surface area (Å²) in [5, 5.41) is 28.9. The largest absolute Gasteiger partial charge is 0.497 e. The lowest BCUT2D eigenvalue weighted by atomic mass is 9.91. The van der Waals surface area contributed by atoms with E-state index in [4.69, 9.17) is 9.47 Å². The van der Waals surface area contributed by atoms with E-state index in [1.807, 2.05) is 104 Å². The molecule has 0 aliphatic carbocycles. The monoisotopic (exact) mass is 965 g/mol. The van der Waals surface area contributed by atoms with E-state index in [1.165, 1.54) is 6.07 Å². The maximum atomic E-state index is 16.8. The first kappa shape index (κ1) is 49.0. The van der Waals surface area contributed by atoms with E-state index in [9.17, 15) is 29.5 Å². The summed E-state index contributed by atoms with van der Waals surface area (Å²) in [6.45, 7) is 5.19. The lowest BCUT2D eigenvalue weighted by molar-refractivity contribution is -0.138. The second-order valence-electron chi connectivity index (χ2n) is 19.3. The lowest BCUT2D eigenvalue weighted by Crippen LogP contribution is -2.31. The van der Waals surface area contributed by atoms with Crippen molar-refractivity contribution in [1.29, 1.82) is 5.26 Å². The number of rotatable bonds is 16. The zero-order chi connectivity index (χ0) is 50.6. The molecule has 9 nitrogen and oxygen atoms in total. The fourth-order valence-corrected chi connectivity index (χ4v) is 10.7. The standard InChI is InChI=1S/C61H57F2N3O6/c1-37-23-46(55-31-53(71-3)21-22-58(55)62)15-13-44(37)25-40-7-19-50(20-8-40)66-36-48(28-52(66)30-60(69)70)42-9-11-43(12-10-42)56-32-54(72-4)33-57(61(56)63)47-16-14-45(38(2)24-47)26-39-5-17-49(18-6-39)65-35-41(34-64)27-51(65)29-59(67)68/h5-24,31-33,41,48,51-52H,25-30,35-36H2,1-4H3,(H,67,68)(H,69,70)/t41?,48-,51?,52-/m1/s1. The second kappa shape index (κ2) is 21.2. The average molecular weight is 966 g/mol. The summed E-state index contributed by atoms with van der Waals surface area (Å²) in [6, 6.07) is 46.2. The summed E-state index contributed by atoms with van der Waals surface area (Å²) in [6.07, 6.45) is 2.52. The van der Waals surface area contributed by atoms with E-state index in [-0.39, 0.29) is 48.4 Å². The highest BCUT2D eigenvalue weighted by atomic mass is 19.1. The fraction of sp³-hybridized carbons (Fsp3) is 0.262. The first-order valence-electron chi connectivity index (χ1n) is 24.3. The molecule has 2 N–H and O–H groups in total. The Balaban J connectivity index is 0.879. The number of ether oxygens (including phenoxy) is 2. The van der Waals surface area contributed by atoms with Gasteiger partial charge in [-0.3, -0.25) is 9.59 Å². The Labute approximate surface area is 419 Å². The number of anilines is 2. The topological polar surface area (TPSA) is 123 Å². The summed E-state index contributed by atoms with van der Waals surface area (Å²) in [5.74, 6) is -1.42. The highest BCUT2D eigenvalue weighted by Gasteiger charge is 2.35. The third-order valence-electron chi connectivity index (χ3n) is 14.6. The van der Waals surface area contributed by atoms with E-state index < -0.39 is 11.9 Å². The van der Waals surface area contributed by atoms with Gasteiger partial charge in [0.25, 0.3) is 0 Å². The van der Waals surface area contributed by atoms with Crippen LogP contribution in [0, 0.1) is 42.7 Å². The van der Waals surface area contributed by atoms with Crippen molar-refractivity contribution in [1.82, 2.24) is 0 Å². The number of halogens is 2. The number of methoxy groups -OCH3 is 2. The van der Waals surface area contributed by atoms with Crippen LogP contribution in [0.15, 0.2) is 140 Å². The van der Waals surface area contributed by atoms with Crippen LogP contribution >= 0.6 is 0 Å². The molecule has 0 bridgehead atoms. The molecule has 2 unspecified atom stereocenters. The summed E-state index contributed by atoms with van der Waals surface area (Å²) < 4.78 is 42.5. The second-order valence-corrected chi connectivity index (χ2v) is 19.3. The van der Waals surface area contributed by atoms with Gasteiger partial charge in [-0.2, -0.15) is 5.26 Å². The molecule has 0 aromatic heterocycles. The molecule has 0 radical (unpaired) electrons. The molecule has 0 spiro atoms. The smallest absolute Gasteiger partial charge is 0.305 e. The van der Waals surface area contributed by atoms with Gasteiger partial charge in [0, 0.05) is 59.2 Å². The summed E-state index contributed by atoms with van der Waals surface area (Å²) in [4.78, 5) is 27.9. The third kappa shape index (κ3) is 10.7. The number of carbonyl (C=O) groups is 2. The van der Waals surface area contributed by atoms with Crippen LogP contribution in [0.1, 0.15) is 70.5 Å². The van der Waals surface area contributed by atoms with Crippen molar-refractivity contribution in [2.24, 2.45) is 5.92 Å². The van der Waals surface area contributed by atoms with E-state index in [2.05, 4.69) is 35.2 Å². The molecular weight excluding hydrogens is 909 g/mol. The van der Waals surface area contributed by atoms with Gasteiger partial charge in [-0.1, -0.05) is 84.9 Å². The van der Waals surface area contributed by atoms with Gasteiger partial charge in [-0.05, 0) is 150 Å². The van der Waals surface area contributed by atoms with Crippen molar-refractivity contribution < 1.29 is 38.1 Å². The minimum atomic E-state index is -0.875. The maximum Gasteiger partial charge on any atom is 0.305 e. The molecule has 2 saturated heterocycles. The predicted octanol–water partition coefficient (Wildman–Crippen LogP) is 12.8. The van der Waals surface area contributed by atoms with Crippen LogP contribution in [0.3, 0.4) is 0 Å². The van der Waals surface area contributed by atoms with Crippen LogP contribution in [0.2, 0.25) is 0 Å². The Bertz CT molecular complexity index is 3170. The van der Waals surface area contributed by atoms with Gasteiger partial charge in [-0.15, -0.1) is 0 Å². The third-order valence-corrected chi connectivity index (χ3v) is 14.6. The average Bonchev–Trinajstić information content (AvgIpc) is 3.99. The van der Waals surface area contributed by atoms with Gasteiger partial charge < -0.3 is 29.5 Å². The number of hydrogen-bond acceptors (Lipinski definition) is 7. The normalized spacial score (nSPS) is 17.5. The highest BCUT2D eigenvalue weighted by Crippen LogP contribution is 2.41. The molecule has 2 fully saturated rings. The van der Waals surface area contributed by atoms with E-state index in [0.717, 1.165) is 61.4 Å². The Morgan fingerprint density at radius 2 is 1.08 bits per heavy atom. The van der Waals surface area contributed by atoms with Gasteiger partial charge in [0.1, 0.15) is 23.1 Å². The van der Waals surface area contributed by atoms with Crippen molar-refractivity contribution in [2.45, 2.75) is 70.4 Å². The summed E-state index contributed by atoms with van der Waals surface area (Å²) >= 11 is 0. The molecule has 2 aliphatic rings. The van der Waals surface area contributed by atoms with Gasteiger partial charge in [-0.25, -0.2) is 8.78 Å². The number of carboxylic acid groups (broad SMARTS) is 2. The highest BCUT2D eigenvalue weighted by molar-refractivity contribution is 5.77. The van der Waals surface area contributed by atoms with Gasteiger partial charge in [0.2, 0.25) is 0 Å². The molecule has 7 aromatic rings. The minimum Gasteiger partial charge on any atom is -0.497 e. The number of aliphatic carboxylic acids is 2. The zero-order valence-corrected chi connectivity index (χ0v) is 40.9. The molecule has 0 saturated carbocycles. The maximum absolute atomic E-state index is 16.8. The molecule has 0 amide bonds. The first-order chi connectivity index (χ1) is 34.8.